The third-order valence-electron chi connectivity index (χ3n) is 18.6. The molecular formula is C88H160NO8P. The van der Waals surface area contributed by atoms with Crippen LogP contribution in [0.5, 0.6) is 0 Å². The summed E-state index contributed by atoms with van der Waals surface area (Å²) in [6, 6.07) is 0. The quantitative estimate of drug-likeness (QED) is 0.0195. The SMILES string of the molecule is CC/C=C\C/C=C\C/C=C\C/C=C\CCCCCCCCCCCCCCCCCCCCCCCCCCCCC(=O)OC(COC(=O)CCCCCCCCCCCCCCCCCCCCCCCC/C=C\C/C=C\C/C=C\C/C=C\CC)COP(=O)([O-])OCC[N+](C)(C)C. The van der Waals surface area contributed by atoms with Crippen molar-refractivity contribution in [1.82, 2.24) is 0 Å². The first-order chi connectivity index (χ1) is 48.0. The molecular weight excluding hydrogens is 1230 g/mol. The summed E-state index contributed by atoms with van der Waals surface area (Å²) in [6.07, 6.45) is 110. The van der Waals surface area contributed by atoms with Crippen molar-refractivity contribution in [2.45, 2.75) is 405 Å². The Kier molecular flexibility index (Phi) is 75.6. The van der Waals surface area contributed by atoms with E-state index in [1.54, 1.807) is 0 Å². The average molecular weight is 1390 g/mol. The molecule has 0 aromatic heterocycles. The highest BCUT2D eigenvalue weighted by Gasteiger charge is 2.22. The monoisotopic (exact) mass is 1390 g/mol. The smallest absolute Gasteiger partial charge is 0.306 e. The van der Waals surface area contributed by atoms with Crippen LogP contribution in [0, 0.1) is 0 Å². The molecule has 0 fully saturated rings. The van der Waals surface area contributed by atoms with E-state index in [1.165, 1.54) is 283 Å². The van der Waals surface area contributed by atoms with Crippen molar-refractivity contribution in [3.63, 3.8) is 0 Å². The van der Waals surface area contributed by atoms with Crippen molar-refractivity contribution < 1.29 is 42.1 Å². The molecule has 0 aromatic rings. The van der Waals surface area contributed by atoms with Crippen LogP contribution in [0.25, 0.3) is 0 Å². The largest absolute Gasteiger partial charge is 0.756 e. The van der Waals surface area contributed by atoms with Gasteiger partial charge in [-0.15, -0.1) is 0 Å². The molecule has 0 amide bonds. The van der Waals surface area contributed by atoms with Crippen LogP contribution in [0.4, 0.5) is 0 Å². The van der Waals surface area contributed by atoms with E-state index in [4.69, 9.17) is 18.5 Å². The molecule has 570 valence electrons. The van der Waals surface area contributed by atoms with E-state index >= 15 is 0 Å². The minimum atomic E-state index is -4.65. The lowest BCUT2D eigenvalue weighted by Gasteiger charge is -2.28. The lowest BCUT2D eigenvalue weighted by atomic mass is 10.0. The van der Waals surface area contributed by atoms with Gasteiger partial charge < -0.3 is 27.9 Å². The maximum absolute atomic E-state index is 12.9. The average Bonchev–Trinajstić information content (AvgIpc) is 1.23. The fourth-order valence-corrected chi connectivity index (χ4v) is 13.0. The van der Waals surface area contributed by atoms with Gasteiger partial charge >= 0.3 is 11.9 Å². The number of rotatable bonds is 78. The fourth-order valence-electron chi connectivity index (χ4n) is 12.3. The molecule has 0 aliphatic heterocycles. The van der Waals surface area contributed by atoms with Crippen LogP contribution in [0.15, 0.2) is 97.2 Å². The van der Waals surface area contributed by atoms with E-state index in [9.17, 15) is 19.0 Å². The number of ether oxygens (including phenoxy) is 2. The normalized spacial score (nSPS) is 13.5. The van der Waals surface area contributed by atoms with Crippen LogP contribution >= 0.6 is 7.82 Å². The Morgan fingerprint density at radius 3 is 0.816 bits per heavy atom. The van der Waals surface area contributed by atoms with E-state index < -0.39 is 26.5 Å². The van der Waals surface area contributed by atoms with Gasteiger partial charge in [0.15, 0.2) is 6.10 Å². The molecule has 0 rings (SSSR count). The van der Waals surface area contributed by atoms with Crippen LogP contribution in [-0.4, -0.2) is 70.0 Å². The molecule has 0 spiro atoms. The zero-order chi connectivity index (χ0) is 71.1. The van der Waals surface area contributed by atoms with E-state index in [-0.39, 0.29) is 32.0 Å². The summed E-state index contributed by atoms with van der Waals surface area (Å²) in [7, 11) is 1.18. The molecule has 10 heteroatoms. The molecule has 0 radical (unpaired) electrons. The van der Waals surface area contributed by atoms with Gasteiger partial charge in [0.25, 0.3) is 7.82 Å². The first-order valence-electron chi connectivity index (χ1n) is 41.9. The van der Waals surface area contributed by atoms with Crippen molar-refractivity contribution in [1.29, 1.82) is 0 Å². The molecule has 0 bridgehead atoms. The summed E-state index contributed by atoms with van der Waals surface area (Å²) in [5.74, 6) is -0.811. The summed E-state index contributed by atoms with van der Waals surface area (Å²) in [5.41, 5.74) is 0. The maximum Gasteiger partial charge on any atom is 0.306 e. The predicted molar refractivity (Wildman–Crippen MR) is 425 cm³/mol. The van der Waals surface area contributed by atoms with Crippen molar-refractivity contribution in [3.8, 4) is 0 Å². The zero-order valence-electron chi connectivity index (χ0n) is 65.2. The van der Waals surface area contributed by atoms with Gasteiger partial charge in [-0.1, -0.05) is 394 Å². The summed E-state index contributed by atoms with van der Waals surface area (Å²) < 4.78 is 34.5. The Labute approximate surface area is 608 Å². The topological polar surface area (TPSA) is 111 Å². The Morgan fingerprint density at radius 1 is 0.316 bits per heavy atom. The van der Waals surface area contributed by atoms with Crippen LogP contribution in [-0.2, 0) is 32.7 Å². The van der Waals surface area contributed by atoms with Crippen LogP contribution in [0.3, 0.4) is 0 Å². The van der Waals surface area contributed by atoms with Gasteiger partial charge in [-0.05, 0) is 89.9 Å². The molecule has 0 saturated carbocycles. The zero-order valence-corrected chi connectivity index (χ0v) is 66.1. The standard InChI is InChI=1S/C88H160NO8P/c1-6-8-10-12-14-16-18-20-22-24-26-28-30-32-34-36-38-40-42-43-44-45-47-49-51-53-55-57-59-61-63-65-67-69-71-73-75-77-79-81-88(91)97-86(85-96-98(92,93)95-83-82-89(3,4)5)84-94-87(90)80-78-76-74-72-70-68-66-64-62-60-58-56-54-52-50-48-46-41-39-37-35-33-31-29-27-25-23-21-19-17-15-13-11-9-7-2/h8-11,14-17,20-23,26-29,86H,6-7,12-13,18-19,24-25,30-85H2,1-5H3/b10-8-,11-9-,16-14-,17-15-,22-20-,23-21-,28-26-,29-27-. The second-order valence-electron chi connectivity index (χ2n) is 29.4. The molecule has 9 nitrogen and oxygen atoms in total. The molecule has 0 heterocycles. The van der Waals surface area contributed by atoms with Gasteiger partial charge in [-0.3, -0.25) is 14.2 Å². The number of nitrogens with zero attached hydrogens (tertiary/aromatic N) is 1. The predicted octanol–water partition coefficient (Wildman–Crippen LogP) is 27.5. The van der Waals surface area contributed by atoms with Gasteiger partial charge in [0.2, 0.25) is 0 Å². The molecule has 2 atom stereocenters. The first kappa shape index (κ1) is 94.9. The number of hydrogen-bond donors (Lipinski definition) is 0. The van der Waals surface area contributed by atoms with Crippen molar-refractivity contribution >= 4 is 19.8 Å². The minimum Gasteiger partial charge on any atom is -0.756 e. The van der Waals surface area contributed by atoms with Gasteiger partial charge in [-0.25, -0.2) is 0 Å². The third-order valence-corrected chi connectivity index (χ3v) is 19.6. The number of quaternary nitrogens is 1. The number of carbonyl (C=O) groups excluding carboxylic acids is 2. The third kappa shape index (κ3) is 81.9. The molecule has 0 aliphatic carbocycles. The number of allylic oxidation sites excluding steroid dienone is 16. The number of carbonyl (C=O) groups is 2. The summed E-state index contributed by atoms with van der Waals surface area (Å²) in [4.78, 5) is 38.2. The number of hydrogen-bond acceptors (Lipinski definition) is 8. The number of esters is 2. The first-order valence-corrected chi connectivity index (χ1v) is 43.4. The summed E-state index contributed by atoms with van der Waals surface area (Å²) in [6.45, 7) is 4.08. The highest BCUT2D eigenvalue weighted by atomic mass is 31.2. The molecule has 0 saturated heterocycles. The lowest BCUT2D eigenvalue weighted by Crippen LogP contribution is -2.37. The number of phosphoric acid groups is 1. The van der Waals surface area contributed by atoms with E-state index in [0.717, 1.165) is 83.5 Å². The van der Waals surface area contributed by atoms with Crippen LogP contribution < -0.4 is 4.89 Å². The van der Waals surface area contributed by atoms with Crippen molar-refractivity contribution in [3.05, 3.63) is 97.2 Å². The molecule has 0 aromatic carbocycles. The van der Waals surface area contributed by atoms with Gasteiger partial charge in [0.1, 0.15) is 19.8 Å². The van der Waals surface area contributed by atoms with Gasteiger partial charge in [-0.2, -0.15) is 0 Å². The van der Waals surface area contributed by atoms with Crippen molar-refractivity contribution in [2.75, 3.05) is 47.5 Å². The number of phosphoric ester groups is 1. The highest BCUT2D eigenvalue weighted by Crippen LogP contribution is 2.38. The van der Waals surface area contributed by atoms with Gasteiger partial charge in [0, 0.05) is 12.8 Å². The maximum atomic E-state index is 12.9. The Bertz CT molecular complexity index is 1980. The van der Waals surface area contributed by atoms with Gasteiger partial charge in [0.05, 0.1) is 27.7 Å². The van der Waals surface area contributed by atoms with E-state index in [1.807, 2.05) is 21.1 Å². The Hall–Kier alpha value is -3.07. The minimum absolute atomic E-state index is 0.0295. The van der Waals surface area contributed by atoms with E-state index in [2.05, 4.69) is 111 Å². The molecule has 98 heavy (non-hydrogen) atoms. The highest BCUT2D eigenvalue weighted by molar-refractivity contribution is 7.45. The van der Waals surface area contributed by atoms with Crippen LogP contribution in [0.2, 0.25) is 0 Å². The molecule has 0 N–H and O–H groups in total. The summed E-state index contributed by atoms with van der Waals surface area (Å²) in [5, 5.41) is 0. The number of unbranched alkanes of at least 4 members (excludes halogenated alkanes) is 48. The van der Waals surface area contributed by atoms with Crippen molar-refractivity contribution in [2.24, 2.45) is 0 Å². The molecule has 0 aliphatic rings. The summed E-state index contributed by atoms with van der Waals surface area (Å²) >= 11 is 0. The Balaban J connectivity index is 3.88. The van der Waals surface area contributed by atoms with Crippen LogP contribution in [0.1, 0.15) is 399 Å². The van der Waals surface area contributed by atoms with E-state index in [0.29, 0.717) is 17.4 Å². The second-order valence-corrected chi connectivity index (χ2v) is 30.8. The Morgan fingerprint density at radius 2 is 0.551 bits per heavy atom. The molecule has 2 unspecified atom stereocenters. The second kappa shape index (κ2) is 78.1. The number of likely N-dealkylation sites (N-methyl/N-ethyl adjacent to an activating group) is 1. The fraction of sp³-hybridized carbons (Fsp3) is 0.795. The lowest BCUT2D eigenvalue weighted by molar-refractivity contribution is -0.870.